The number of hydrogen-bond donors (Lipinski definition) is 0. The van der Waals surface area contributed by atoms with E-state index in [-0.39, 0.29) is 0 Å². The number of fused-ring (bicyclic) bond motifs is 1. The Balaban J connectivity index is 2.19. The van der Waals surface area contributed by atoms with Crippen molar-refractivity contribution in [1.82, 2.24) is 4.90 Å². The molecule has 0 amide bonds. The third kappa shape index (κ3) is 1.76. The van der Waals surface area contributed by atoms with Crippen molar-refractivity contribution in [2.24, 2.45) is 0 Å². The fourth-order valence-electron chi connectivity index (χ4n) is 1.64. The maximum absolute atomic E-state index is 5.62. The summed E-state index contributed by atoms with van der Waals surface area (Å²) in [7, 11) is 4.25. The quantitative estimate of drug-likeness (QED) is 0.688. The lowest BCUT2D eigenvalue weighted by Gasteiger charge is -2.26. The Kier molecular flexibility index (Phi) is 2.39. The summed E-state index contributed by atoms with van der Waals surface area (Å²) in [5.74, 6) is 1.04. The zero-order chi connectivity index (χ0) is 9.42. The maximum atomic E-state index is 5.62. The molecule has 1 aliphatic rings. The second-order valence-electron chi connectivity index (χ2n) is 3.74. The molecule has 13 heavy (non-hydrogen) atoms. The summed E-state index contributed by atoms with van der Waals surface area (Å²) >= 11 is 1.85. The first-order valence-electron chi connectivity index (χ1n) is 4.59. The molecule has 2 nitrogen and oxygen atoms in total. The molecule has 1 aromatic heterocycles. The first-order chi connectivity index (χ1) is 6.16. The largest absolute Gasteiger partial charge is 0.455 e. The standard InChI is InChI=1S/C10H15NOS/c1-7-6-8-4-5-9(11(2)3)13-10(8)12-7/h6,9H,4-5H2,1-3H3. The molecule has 1 aromatic rings. The van der Waals surface area contributed by atoms with Crippen LogP contribution in [0, 0.1) is 6.92 Å². The van der Waals surface area contributed by atoms with Gasteiger partial charge < -0.3 is 4.42 Å². The molecular formula is C10H15NOS. The molecule has 0 N–H and O–H groups in total. The fourth-order valence-corrected chi connectivity index (χ4v) is 2.83. The first-order valence-corrected chi connectivity index (χ1v) is 5.47. The third-order valence-corrected chi connectivity index (χ3v) is 3.86. The SMILES string of the molecule is Cc1cc2c(o1)SC(N(C)C)CC2. The second-order valence-corrected chi connectivity index (χ2v) is 4.90. The van der Waals surface area contributed by atoms with Crippen LogP contribution in [-0.2, 0) is 6.42 Å². The smallest absolute Gasteiger partial charge is 0.165 e. The van der Waals surface area contributed by atoms with Crippen molar-refractivity contribution in [2.75, 3.05) is 14.1 Å². The van der Waals surface area contributed by atoms with Crippen LogP contribution < -0.4 is 0 Å². The van der Waals surface area contributed by atoms with Crippen molar-refractivity contribution in [1.29, 1.82) is 0 Å². The van der Waals surface area contributed by atoms with Crippen molar-refractivity contribution < 1.29 is 4.42 Å². The van der Waals surface area contributed by atoms with E-state index in [1.165, 1.54) is 12.0 Å². The second kappa shape index (κ2) is 3.39. The van der Waals surface area contributed by atoms with Gasteiger partial charge in [-0.25, -0.2) is 0 Å². The molecule has 3 heteroatoms. The van der Waals surface area contributed by atoms with E-state index >= 15 is 0 Å². The predicted octanol–water partition coefficient (Wildman–Crippen LogP) is 2.51. The molecule has 0 spiro atoms. The minimum atomic E-state index is 0.582. The summed E-state index contributed by atoms with van der Waals surface area (Å²) in [5, 5.41) is 1.71. The summed E-state index contributed by atoms with van der Waals surface area (Å²) in [6.45, 7) is 2.02. The average Bonchev–Trinajstić information content (AvgIpc) is 2.42. The highest BCUT2D eigenvalue weighted by Gasteiger charge is 2.23. The van der Waals surface area contributed by atoms with Gasteiger partial charge in [0.25, 0.3) is 0 Å². The molecule has 0 aromatic carbocycles. The molecule has 1 aliphatic heterocycles. The molecule has 0 saturated heterocycles. The number of nitrogens with zero attached hydrogens (tertiary/aromatic N) is 1. The van der Waals surface area contributed by atoms with E-state index in [1.54, 1.807) is 0 Å². The van der Waals surface area contributed by atoms with Crippen LogP contribution in [-0.4, -0.2) is 24.4 Å². The third-order valence-electron chi connectivity index (χ3n) is 2.37. The van der Waals surface area contributed by atoms with Crippen LogP contribution in [0.25, 0.3) is 0 Å². The van der Waals surface area contributed by atoms with E-state index in [9.17, 15) is 0 Å². The van der Waals surface area contributed by atoms with Crippen molar-refractivity contribution in [3.63, 3.8) is 0 Å². The highest BCUT2D eigenvalue weighted by Crippen LogP contribution is 2.37. The van der Waals surface area contributed by atoms with Crippen molar-refractivity contribution in [2.45, 2.75) is 30.2 Å². The molecule has 1 unspecified atom stereocenters. The van der Waals surface area contributed by atoms with E-state index in [0.29, 0.717) is 5.37 Å². The zero-order valence-corrected chi connectivity index (χ0v) is 9.15. The van der Waals surface area contributed by atoms with Gasteiger partial charge in [0.15, 0.2) is 5.09 Å². The Labute approximate surface area is 83.3 Å². The van der Waals surface area contributed by atoms with E-state index in [2.05, 4.69) is 25.1 Å². The Hall–Kier alpha value is -0.410. The fraction of sp³-hybridized carbons (Fsp3) is 0.600. The molecule has 0 radical (unpaired) electrons. The van der Waals surface area contributed by atoms with Crippen LogP contribution >= 0.6 is 11.8 Å². The molecule has 0 bridgehead atoms. The van der Waals surface area contributed by atoms with E-state index in [0.717, 1.165) is 17.3 Å². The highest BCUT2D eigenvalue weighted by molar-refractivity contribution is 7.99. The van der Waals surface area contributed by atoms with Crippen LogP contribution in [0.4, 0.5) is 0 Å². The first kappa shape index (κ1) is 9.16. The molecule has 0 saturated carbocycles. The van der Waals surface area contributed by atoms with Crippen LogP contribution in [0.1, 0.15) is 17.7 Å². The predicted molar refractivity (Wildman–Crippen MR) is 55.1 cm³/mol. The van der Waals surface area contributed by atoms with Gasteiger partial charge in [0.05, 0.1) is 5.37 Å². The van der Waals surface area contributed by atoms with Gasteiger partial charge in [0.1, 0.15) is 5.76 Å². The number of furan rings is 1. The van der Waals surface area contributed by atoms with Crippen molar-refractivity contribution >= 4 is 11.8 Å². The van der Waals surface area contributed by atoms with Gasteiger partial charge >= 0.3 is 0 Å². The molecule has 0 aliphatic carbocycles. The summed E-state index contributed by atoms with van der Waals surface area (Å²) in [5.41, 5.74) is 1.39. The Morgan fingerprint density at radius 3 is 3.00 bits per heavy atom. The Morgan fingerprint density at radius 1 is 1.54 bits per heavy atom. The Bertz CT molecular complexity index is 306. The van der Waals surface area contributed by atoms with Gasteiger partial charge in [-0.05, 0) is 39.9 Å². The molecular weight excluding hydrogens is 182 g/mol. The van der Waals surface area contributed by atoms with Crippen molar-refractivity contribution in [3.8, 4) is 0 Å². The van der Waals surface area contributed by atoms with Crippen LogP contribution in [0.2, 0.25) is 0 Å². The number of aryl methyl sites for hydroxylation is 2. The van der Waals surface area contributed by atoms with E-state index in [4.69, 9.17) is 4.42 Å². The van der Waals surface area contributed by atoms with Gasteiger partial charge in [-0.2, -0.15) is 0 Å². The van der Waals surface area contributed by atoms with Crippen LogP contribution in [0.15, 0.2) is 15.6 Å². The summed E-state index contributed by atoms with van der Waals surface area (Å²) in [6.07, 6.45) is 2.38. The lowest BCUT2D eigenvalue weighted by atomic mass is 10.1. The van der Waals surface area contributed by atoms with Gasteiger partial charge in [-0.3, -0.25) is 4.90 Å². The number of hydrogen-bond acceptors (Lipinski definition) is 3. The lowest BCUT2D eigenvalue weighted by Crippen LogP contribution is -2.27. The summed E-state index contributed by atoms with van der Waals surface area (Å²) in [4.78, 5) is 2.26. The van der Waals surface area contributed by atoms with E-state index in [1.807, 2.05) is 18.7 Å². The molecule has 1 atom stereocenters. The van der Waals surface area contributed by atoms with Crippen molar-refractivity contribution in [3.05, 3.63) is 17.4 Å². The normalized spacial score (nSPS) is 22.0. The summed E-state index contributed by atoms with van der Waals surface area (Å²) in [6, 6.07) is 2.16. The van der Waals surface area contributed by atoms with Gasteiger partial charge in [-0.15, -0.1) is 0 Å². The highest BCUT2D eigenvalue weighted by atomic mass is 32.2. The lowest BCUT2D eigenvalue weighted by molar-refractivity contribution is 0.351. The average molecular weight is 197 g/mol. The molecule has 2 heterocycles. The van der Waals surface area contributed by atoms with Crippen LogP contribution in [0.3, 0.4) is 0 Å². The molecule has 2 rings (SSSR count). The van der Waals surface area contributed by atoms with Gasteiger partial charge in [0.2, 0.25) is 0 Å². The molecule has 72 valence electrons. The zero-order valence-electron chi connectivity index (χ0n) is 8.33. The van der Waals surface area contributed by atoms with Crippen LogP contribution in [0.5, 0.6) is 0 Å². The van der Waals surface area contributed by atoms with Gasteiger partial charge in [0, 0.05) is 5.56 Å². The Morgan fingerprint density at radius 2 is 2.31 bits per heavy atom. The number of thioether (sulfide) groups is 1. The monoisotopic (exact) mass is 197 g/mol. The van der Waals surface area contributed by atoms with Gasteiger partial charge in [-0.1, -0.05) is 11.8 Å². The minimum absolute atomic E-state index is 0.582. The number of rotatable bonds is 1. The topological polar surface area (TPSA) is 16.4 Å². The maximum Gasteiger partial charge on any atom is 0.165 e. The molecule has 0 fully saturated rings. The summed E-state index contributed by atoms with van der Waals surface area (Å²) < 4.78 is 5.62. The minimum Gasteiger partial charge on any atom is -0.455 e. The van der Waals surface area contributed by atoms with E-state index < -0.39 is 0 Å².